The monoisotopic (exact) mass is 258 g/mol. The van der Waals surface area contributed by atoms with Crippen molar-refractivity contribution in [1.29, 1.82) is 0 Å². The first kappa shape index (κ1) is 11.0. The number of pyridine rings is 1. The normalized spacial score (nSPS) is 10.9. The molecule has 2 heterocycles. The lowest BCUT2D eigenvalue weighted by Crippen LogP contribution is -1.98. The van der Waals surface area contributed by atoms with Crippen LogP contribution in [0.3, 0.4) is 0 Å². The highest BCUT2D eigenvalue weighted by Gasteiger charge is 2.06. The van der Waals surface area contributed by atoms with Crippen molar-refractivity contribution in [3.63, 3.8) is 0 Å². The van der Waals surface area contributed by atoms with E-state index in [-0.39, 0.29) is 0 Å². The molecule has 0 saturated heterocycles. The van der Waals surface area contributed by atoms with Crippen LogP contribution in [0.1, 0.15) is 11.4 Å². The molecule has 0 aliphatic rings. The highest BCUT2D eigenvalue weighted by atomic mass is 35.5. The van der Waals surface area contributed by atoms with Gasteiger partial charge in [0.1, 0.15) is 5.82 Å². The molecular formula is C13H11ClN4. The largest absolute Gasteiger partial charge is 0.384 e. The van der Waals surface area contributed by atoms with Gasteiger partial charge in [0, 0.05) is 11.4 Å². The summed E-state index contributed by atoms with van der Waals surface area (Å²) in [5.41, 5.74) is 7.71. The van der Waals surface area contributed by atoms with Crippen molar-refractivity contribution in [2.24, 2.45) is 0 Å². The molecular weight excluding hydrogens is 248 g/mol. The lowest BCUT2D eigenvalue weighted by molar-refractivity contribution is 0.908. The van der Waals surface area contributed by atoms with Crippen molar-refractivity contribution in [3.8, 4) is 0 Å². The number of nitrogens with two attached hydrogens (primary N) is 1. The van der Waals surface area contributed by atoms with Gasteiger partial charge in [0.2, 0.25) is 0 Å². The number of benzene rings is 1. The van der Waals surface area contributed by atoms with Crippen molar-refractivity contribution in [2.45, 2.75) is 6.42 Å². The number of nitrogen functional groups attached to an aromatic ring is 1. The Morgan fingerprint density at radius 1 is 1.11 bits per heavy atom. The minimum atomic E-state index is 0.586. The quantitative estimate of drug-likeness (QED) is 0.769. The third kappa shape index (κ3) is 2.02. The second-order valence-electron chi connectivity index (χ2n) is 4.05. The summed E-state index contributed by atoms with van der Waals surface area (Å²) in [5, 5.41) is 5.11. The molecule has 90 valence electrons. The number of hydrogen-bond donors (Lipinski definition) is 1. The fraction of sp³-hybridized carbons (Fsp3) is 0.0769. The Balaban J connectivity index is 1.95. The zero-order valence-corrected chi connectivity index (χ0v) is 10.3. The number of halogens is 1. The Kier molecular flexibility index (Phi) is 2.64. The van der Waals surface area contributed by atoms with Crippen molar-refractivity contribution < 1.29 is 0 Å². The number of hydrogen-bond acceptors (Lipinski definition) is 3. The van der Waals surface area contributed by atoms with Crippen LogP contribution in [0.15, 0.2) is 42.5 Å². The average Bonchev–Trinajstić information content (AvgIpc) is 2.76. The van der Waals surface area contributed by atoms with Gasteiger partial charge < -0.3 is 5.73 Å². The minimum absolute atomic E-state index is 0.586. The van der Waals surface area contributed by atoms with Gasteiger partial charge in [-0.25, -0.2) is 4.98 Å². The van der Waals surface area contributed by atoms with Crippen LogP contribution in [-0.4, -0.2) is 14.6 Å². The molecule has 0 bridgehead atoms. The highest BCUT2D eigenvalue weighted by molar-refractivity contribution is 6.30. The van der Waals surface area contributed by atoms with Gasteiger partial charge in [-0.3, -0.25) is 0 Å². The van der Waals surface area contributed by atoms with Crippen LogP contribution in [0.5, 0.6) is 0 Å². The predicted molar refractivity (Wildman–Crippen MR) is 71.7 cm³/mol. The summed E-state index contributed by atoms with van der Waals surface area (Å²) in [6.45, 7) is 0. The Morgan fingerprint density at radius 2 is 1.89 bits per heavy atom. The Bertz CT molecular complexity index is 688. The Hall–Kier alpha value is -2.07. The van der Waals surface area contributed by atoms with Crippen LogP contribution in [0.2, 0.25) is 5.02 Å². The van der Waals surface area contributed by atoms with E-state index in [9.17, 15) is 0 Å². The lowest BCUT2D eigenvalue weighted by atomic mass is 10.1. The highest BCUT2D eigenvalue weighted by Crippen LogP contribution is 2.13. The number of rotatable bonds is 2. The molecule has 2 N–H and O–H groups in total. The number of anilines is 1. The fourth-order valence-electron chi connectivity index (χ4n) is 1.83. The predicted octanol–water partition coefficient (Wildman–Crippen LogP) is 2.56. The van der Waals surface area contributed by atoms with Gasteiger partial charge in [0.15, 0.2) is 11.5 Å². The second kappa shape index (κ2) is 4.31. The summed E-state index contributed by atoms with van der Waals surface area (Å²) in [4.78, 5) is 4.43. The van der Waals surface area contributed by atoms with Crippen LogP contribution in [0, 0.1) is 0 Å². The maximum Gasteiger partial charge on any atom is 0.157 e. The van der Waals surface area contributed by atoms with Crippen LogP contribution in [0.25, 0.3) is 5.65 Å². The smallest absolute Gasteiger partial charge is 0.157 e. The van der Waals surface area contributed by atoms with Crippen molar-refractivity contribution >= 4 is 23.1 Å². The van der Waals surface area contributed by atoms with E-state index in [4.69, 9.17) is 17.3 Å². The van der Waals surface area contributed by atoms with Crippen LogP contribution in [0.4, 0.5) is 5.82 Å². The number of fused-ring (bicyclic) bond motifs is 1. The summed E-state index contributed by atoms with van der Waals surface area (Å²) in [6.07, 6.45) is 0.665. The molecule has 0 aliphatic carbocycles. The molecule has 18 heavy (non-hydrogen) atoms. The standard InChI is InChI=1S/C13H11ClN4/c14-10-6-4-9(5-7-10)8-12-16-13-3-1-2-11(15)18(13)17-12/h1-7H,8,15H2. The van der Waals surface area contributed by atoms with Gasteiger partial charge in [0.25, 0.3) is 0 Å². The molecule has 0 spiro atoms. The molecule has 0 amide bonds. The van der Waals surface area contributed by atoms with E-state index in [0.29, 0.717) is 12.2 Å². The third-order valence-corrected chi connectivity index (χ3v) is 2.96. The maximum atomic E-state index is 5.85. The molecule has 0 saturated carbocycles. The molecule has 0 atom stereocenters. The summed E-state index contributed by atoms with van der Waals surface area (Å²) in [7, 11) is 0. The van der Waals surface area contributed by atoms with Crippen LogP contribution in [-0.2, 0) is 6.42 Å². The fourth-order valence-corrected chi connectivity index (χ4v) is 1.96. The zero-order chi connectivity index (χ0) is 12.5. The van der Waals surface area contributed by atoms with Crippen molar-refractivity contribution in [2.75, 3.05) is 5.73 Å². The van der Waals surface area contributed by atoms with Crippen molar-refractivity contribution in [1.82, 2.24) is 14.6 Å². The van der Waals surface area contributed by atoms with Gasteiger partial charge in [0.05, 0.1) is 0 Å². The molecule has 1 aromatic carbocycles. The zero-order valence-electron chi connectivity index (χ0n) is 9.55. The van der Waals surface area contributed by atoms with Gasteiger partial charge in [-0.15, -0.1) is 5.10 Å². The van der Waals surface area contributed by atoms with Crippen LogP contribution >= 0.6 is 11.6 Å². The molecule has 0 fully saturated rings. The van der Waals surface area contributed by atoms with E-state index < -0.39 is 0 Å². The van der Waals surface area contributed by atoms with Crippen molar-refractivity contribution in [3.05, 3.63) is 58.9 Å². The molecule has 5 heteroatoms. The SMILES string of the molecule is Nc1cccc2nc(Cc3ccc(Cl)cc3)nn12. The van der Waals surface area contributed by atoms with E-state index in [0.717, 1.165) is 22.1 Å². The maximum absolute atomic E-state index is 5.85. The molecule has 2 aromatic heterocycles. The van der Waals surface area contributed by atoms with E-state index in [1.807, 2.05) is 36.4 Å². The lowest BCUT2D eigenvalue weighted by Gasteiger charge is -1.97. The Morgan fingerprint density at radius 3 is 2.61 bits per heavy atom. The number of nitrogens with zero attached hydrogens (tertiary/aromatic N) is 3. The van der Waals surface area contributed by atoms with Crippen LogP contribution < -0.4 is 5.73 Å². The molecule has 0 aliphatic heterocycles. The second-order valence-corrected chi connectivity index (χ2v) is 4.49. The average molecular weight is 259 g/mol. The number of aromatic nitrogens is 3. The van der Waals surface area contributed by atoms with E-state index in [1.165, 1.54) is 0 Å². The minimum Gasteiger partial charge on any atom is -0.384 e. The van der Waals surface area contributed by atoms with Gasteiger partial charge in [-0.2, -0.15) is 4.52 Å². The van der Waals surface area contributed by atoms with Gasteiger partial charge in [-0.1, -0.05) is 29.8 Å². The summed E-state index contributed by atoms with van der Waals surface area (Å²) >= 11 is 5.85. The topological polar surface area (TPSA) is 56.2 Å². The van der Waals surface area contributed by atoms with Gasteiger partial charge in [-0.05, 0) is 29.8 Å². The third-order valence-electron chi connectivity index (χ3n) is 2.71. The summed E-state index contributed by atoms with van der Waals surface area (Å²) in [6, 6.07) is 13.2. The molecule has 0 unspecified atom stereocenters. The molecule has 4 nitrogen and oxygen atoms in total. The Labute approximate surface area is 109 Å². The summed E-state index contributed by atoms with van der Waals surface area (Å²) < 4.78 is 1.64. The van der Waals surface area contributed by atoms with E-state index in [1.54, 1.807) is 10.6 Å². The molecule has 0 radical (unpaired) electrons. The first-order valence-corrected chi connectivity index (χ1v) is 5.95. The first-order chi connectivity index (χ1) is 8.72. The molecule has 3 aromatic rings. The summed E-state index contributed by atoms with van der Waals surface area (Å²) in [5.74, 6) is 1.33. The first-order valence-electron chi connectivity index (χ1n) is 5.57. The van der Waals surface area contributed by atoms with E-state index in [2.05, 4.69) is 10.1 Å². The molecule has 3 rings (SSSR count). The van der Waals surface area contributed by atoms with E-state index >= 15 is 0 Å². The van der Waals surface area contributed by atoms with Gasteiger partial charge >= 0.3 is 0 Å².